The molecule has 10 heteroatoms. The predicted molar refractivity (Wildman–Crippen MR) is 120 cm³/mol. The van der Waals surface area contributed by atoms with E-state index in [0.29, 0.717) is 38.3 Å². The van der Waals surface area contributed by atoms with Crippen LogP contribution in [0.4, 0.5) is 16.4 Å². The Bertz CT molecular complexity index is 1340. The maximum Gasteiger partial charge on any atom is 0.404 e. The number of rotatable bonds is 5. The first kappa shape index (κ1) is 20.6. The number of fused-ring (bicyclic) bond motifs is 1. The van der Waals surface area contributed by atoms with Crippen molar-refractivity contribution < 1.29 is 9.90 Å². The Balaban J connectivity index is 1.65. The van der Waals surface area contributed by atoms with Gasteiger partial charge in [-0.2, -0.15) is 0 Å². The number of nitrogens with zero attached hydrogens (tertiary/aromatic N) is 3. The average Bonchev–Trinajstić information content (AvgIpc) is 2.74. The summed E-state index contributed by atoms with van der Waals surface area (Å²) in [6.07, 6.45) is 1.90. The second-order valence-electron chi connectivity index (χ2n) is 6.54. The number of pyridine rings is 1. The van der Waals surface area contributed by atoms with Crippen LogP contribution in [0.5, 0.6) is 0 Å². The molecule has 0 unspecified atom stereocenters. The van der Waals surface area contributed by atoms with Gasteiger partial charge in [0.05, 0.1) is 26.6 Å². The van der Waals surface area contributed by atoms with Crippen LogP contribution in [0.25, 0.3) is 16.6 Å². The molecule has 2 aromatic heterocycles. The fourth-order valence-corrected chi connectivity index (χ4v) is 3.63. The van der Waals surface area contributed by atoms with Crippen LogP contribution in [0.15, 0.2) is 65.7 Å². The predicted octanol–water partition coefficient (Wildman–Crippen LogP) is 4.60. The van der Waals surface area contributed by atoms with Crippen molar-refractivity contribution in [3.8, 4) is 5.69 Å². The van der Waals surface area contributed by atoms with Gasteiger partial charge in [0.2, 0.25) is 5.95 Å². The van der Waals surface area contributed by atoms with Gasteiger partial charge in [-0.05, 0) is 35.9 Å². The molecule has 0 bridgehead atoms. The zero-order valence-electron chi connectivity index (χ0n) is 15.8. The lowest BCUT2D eigenvalue weighted by Gasteiger charge is -2.11. The van der Waals surface area contributed by atoms with E-state index in [9.17, 15) is 9.59 Å². The minimum Gasteiger partial charge on any atom is -0.465 e. The van der Waals surface area contributed by atoms with Crippen molar-refractivity contribution >= 4 is 51.8 Å². The SMILES string of the molecule is O=C(O)NCc1cccc(Nc2ncc3c(=O)n(-c4c(Cl)cccc4Cl)ccc3n2)c1. The maximum absolute atomic E-state index is 13.0. The van der Waals surface area contributed by atoms with Gasteiger partial charge in [0.15, 0.2) is 0 Å². The van der Waals surface area contributed by atoms with Crippen molar-refractivity contribution in [3.05, 3.63) is 86.9 Å². The van der Waals surface area contributed by atoms with E-state index in [-0.39, 0.29) is 12.1 Å². The van der Waals surface area contributed by atoms with Crippen molar-refractivity contribution in [2.24, 2.45) is 0 Å². The summed E-state index contributed by atoms with van der Waals surface area (Å²) in [5.74, 6) is 0.295. The lowest BCUT2D eigenvalue weighted by atomic mass is 10.2. The summed E-state index contributed by atoms with van der Waals surface area (Å²) in [6.45, 7) is 0.174. The Morgan fingerprint density at radius 1 is 1.10 bits per heavy atom. The highest BCUT2D eigenvalue weighted by atomic mass is 35.5. The van der Waals surface area contributed by atoms with E-state index in [2.05, 4.69) is 20.6 Å². The zero-order chi connectivity index (χ0) is 22.0. The number of nitrogens with one attached hydrogen (secondary N) is 2. The number of carbonyl (C=O) groups is 1. The summed E-state index contributed by atoms with van der Waals surface area (Å²) in [5, 5.41) is 15.1. The minimum atomic E-state index is -1.10. The molecule has 0 radical (unpaired) electrons. The number of amides is 1. The molecule has 3 N–H and O–H groups in total. The second-order valence-corrected chi connectivity index (χ2v) is 7.35. The average molecular weight is 456 g/mol. The van der Waals surface area contributed by atoms with Gasteiger partial charge in [-0.25, -0.2) is 14.8 Å². The standard InChI is InChI=1S/C21H15Cl2N5O3/c22-15-5-2-6-16(23)18(15)28-8-7-17-14(19(28)29)11-24-20(27-17)26-13-4-1-3-12(9-13)10-25-21(30)31/h1-9,11,25H,10H2,(H,30,31)(H,24,26,27). The third-order valence-corrected chi connectivity index (χ3v) is 5.06. The number of hydrogen-bond donors (Lipinski definition) is 3. The van der Waals surface area contributed by atoms with E-state index >= 15 is 0 Å². The smallest absolute Gasteiger partial charge is 0.404 e. The molecule has 8 nitrogen and oxygen atoms in total. The van der Waals surface area contributed by atoms with Crippen molar-refractivity contribution in [2.75, 3.05) is 5.32 Å². The Morgan fingerprint density at radius 2 is 1.84 bits per heavy atom. The van der Waals surface area contributed by atoms with Gasteiger partial charge in [-0.3, -0.25) is 9.36 Å². The van der Waals surface area contributed by atoms with Gasteiger partial charge >= 0.3 is 6.09 Å². The van der Waals surface area contributed by atoms with Crippen LogP contribution in [-0.4, -0.2) is 25.7 Å². The first-order valence-electron chi connectivity index (χ1n) is 9.08. The van der Waals surface area contributed by atoms with E-state index in [1.54, 1.807) is 54.7 Å². The molecule has 0 saturated heterocycles. The summed E-state index contributed by atoms with van der Waals surface area (Å²) in [4.78, 5) is 32.3. The third kappa shape index (κ3) is 4.45. The highest BCUT2D eigenvalue weighted by Gasteiger charge is 2.13. The molecule has 0 aliphatic heterocycles. The summed E-state index contributed by atoms with van der Waals surface area (Å²) in [6, 6.07) is 13.9. The molecule has 4 aromatic rings. The first-order valence-corrected chi connectivity index (χ1v) is 9.83. The van der Waals surface area contributed by atoms with Gasteiger partial charge in [0.1, 0.15) is 0 Å². The largest absolute Gasteiger partial charge is 0.465 e. The van der Waals surface area contributed by atoms with Gasteiger partial charge in [0, 0.05) is 24.6 Å². The number of halogens is 2. The Hall–Kier alpha value is -3.62. The molecule has 0 spiro atoms. The highest BCUT2D eigenvalue weighted by Crippen LogP contribution is 2.27. The molecule has 4 rings (SSSR count). The Morgan fingerprint density at radius 3 is 2.58 bits per heavy atom. The maximum atomic E-state index is 13.0. The molecule has 0 fully saturated rings. The number of aromatic nitrogens is 3. The quantitative estimate of drug-likeness (QED) is 0.405. The first-order chi connectivity index (χ1) is 14.9. The number of benzene rings is 2. The van der Waals surface area contributed by atoms with E-state index in [4.69, 9.17) is 28.3 Å². The van der Waals surface area contributed by atoms with E-state index in [1.165, 1.54) is 10.8 Å². The van der Waals surface area contributed by atoms with Crippen LogP contribution in [0, 0.1) is 0 Å². The van der Waals surface area contributed by atoms with Crippen LogP contribution in [0.2, 0.25) is 10.0 Å². The summed E-state index contributed by atoms with van der Waals surface area (Å²) in [7, 11) is 0. The Labute approximate surface area is 186 Å². The van der Waals surface area contributed by atoms with Crippen LogP contribution in [0.1, 0.15) is 5.56 Å². The molecule has 0 aliphatic rings. The molecule has 0 aliphatic carbocycles. The molecule has 1 amide bonds. The second kappa shape index (κ2) is 8.63. The zero-order valence-corrected chi connectivity index (χ0v) is 17.4. The number of carboxylic acid groups (broad SMARTS) is 1. The molecular formula is C21H15Cl2N5O3. The summed E-state index contributed by atoms with van der Waals surface area (Å²) < 4.78 is 1.36. The van der Waals surface area contributed by atoms with Crippen molar-refractivity contribution in [3.63, 3.8) is 0 Å². The van der Waals surface area contributed by atoms with Crippen molar-refractivity contribution in [1.82, 2.24) is 19.9 Å². The number of hydrogen-bond acceptors (Lipinski definition) is 5. The van der Waals surface area contributed by atoms with Crippen LogP contribution >= 0.6 is 23.2 Å². The van der Waals surface area contributed by atoms with E-state index in [1.807, 2.05) is 0 Å². The number of para-hydroxylation sites is 1. The summed E-state index contributed by atoms with van der Waals surface area (Å²) >= 11 is 12.5. The van der Waals surface area contributed by atoms with Gasteiger partial charge < -0.3 is 15.7 Å². The molecule has 31 heavy (non-hydrogen) atoms. The lowest BCUT2D eigenvalue weighted by molar-refractivity contribution is 0.194. The fraction of sp³-hybridized carbons (Fsp3) is 0.0476. The van der Waals surface area contributed by atoms with Crippen LogP contribution in [0.3, 0.4) is 0 Å². The Kier molecular flexibility index (Phi) is 5.75. The monoisotopic (exact) mass is 455 g/mol. The summed E-state index contributed by atoms with van der Waals surface area (Å²) in [5.41, 5.74) is 1.95. The minimum absolute atomic E-state index is 0.174. The van der Waals surface area contributed by atoms with Crippen LogP contribution < -0.4 is 16.2 Å². The molecule has 0 saturated carbocycles. The molecule has 2 aromatic carbocycles. The highest BCUT2D eigenvalue weighted by molar-refractivity contribution is 6.37. The topological polar surface area (TPSA) is 109 Å². The molecule has 2 heterocycles. The number of anilines is 2. The lowest BCUT2D eigenvalue weighted by Crippen LogP contribution is -2.20. The van der Waals surface area contributed by atoms with Gasteiger partial charge in [-0.1, -0.05) is 41.4 Å². The van der Waals surface area contributed by atoms with Crippen molar-refractivity contribution in [1.29, 1.82) is 0 Å². The molecular weight excluding hydrogens is 441 g/mol. The van der Waals surface area contributed by atoms with Gasteiger partial charge in [0.25, 0.3) is 5.56 Å². The third-order valence-electron chi connectivity index (χ3n) is 4.45. The molecule has 0 atom stereocenters. The van der Waals surface area contributed by atoms with Crippen LogP contribution in [-0.2, 0) is 6.54 Å². The van der Waals surface area contributed by atoms with E-state index in [0.717, 1.165) is 5.56 Å². The van der Waals surface area contributed by atoms with E-state index < -0.39 is 6.09 Å². The fourth-order valence-electron chi connectivity index (χ4n) is 3.05. The molecule has 156 valence electrons. The van der Waals surface area contributed by atoms with Gasteiger partial charge in [-0.15, -0.1) is 0 Å². The van der Waals surface area contributed by atoms with Crippen molar-refractivity contribution in [2.45, 2.75) is 6.54 Å². The normalized spacial score (nSPS) is 10.8.